The van der Waals surface area contributed by atoms with Crippen molar-refractivity contribution in [3.63, 3.8) is 0 Å². The molecule has 1 atom stereocenters. The van der Waals surface area contributed by atoms with Crippen molar-refractivity contribution in [2.75, 3.05) is 25.4 Å². The summed E-state index contributed by atoms with van der Waals surface area (Å²) in [4.78, 5) is 0. The fourth-order valence-corrected chi connectivity index (χ4v) is 4.15. The third-order valence-electron chi connectivity index (χ3n) is 2.91. The Kier molecular flexibility index (Phi) is 5.53. The number of hydrogen-bond acceptors (Lipinski definition) is 4. The lowest BCUT2D eigenvalue weighted by atomic mass is 10.0. The minimum atomic E-state index is -3.70. The van der Waals surface area contributed by atoms with Gasteiger partial charge in [0, 0.05) is 19.6 Å². The highest BCUT2D eigenvalue weighted by Crippen LogP contribution is 2.19. The number of rotatable bonds is 6. The van der Waals surface area contributed by atoms with Gasteiger partial charge < -0.3 is 0 Å². The van der Waals surface area contributed by atoms with E-state index in [1.165, 1.54) is 4.31 Å². The van der Waals surface area contributed by atoms with Gasteiger partial charge in [0.15, 0.2) is 0 Å². The summed E-state index contributed by atoms with van der Waals surface area (Å²) in [6, 6.07) is 0. The maximum atomic E-state index is 11.9. The summed E-state index contributed by atoms with van der Waals surface area (Å²) in [5, 5.41) is 4.85. The summed E-state index contributed by atoms with van der Waals surface area (Å²) < 4.78 is 49.0. The van der Waals surface area contributed by atoms with E-state index in [0.717, 1.165) is 12.8 Å². The van der Waals surface area contributed by atoms with E-state index < -0.39 is 20.2 Å². The molecule has 1 aliphatic rings. The quantitative estimate of drug-likeness (QED) is 0.671. The van der Waals surface area contributed by atoms with Gasteiger partial charge in [-0.2, -0.15) is 8.42 Å². The molecule has 1 saturated heterocycles. The number of nitrogens with zero attached hydrogens (tertiary/aromatic N) is 1. The Morgan fingerprint density at radius 3 is 2.56 bits per heavy atom. The predicted octanol–water partition coefficient (Wildman–Crippen LogP) is -0.769. The highest BCUT2D eigenvalue weighted by Gasteiger charge is 2.28. The van der Waals surface area contributed by atoms with Gasteiger partial charge in [-0.3, -0.25) is 0 Å². The van der Waals surface area contributed by atoms with E-state index in [9.17, 15) is 16.8 Å². The third-order valence-corrected chi connectivity index (χ3v) is 5.52. The first kappa shape index (κ1) is 15.8. The molecule has 1 aliphatic heterocycles. The molecule has 0 saturated carbocycles. The molecule has 0 aromatic carbocycles. The van der Waals surface area contributed by atoms with E-state index in [4.69, 9.17) is 5.14 Å². The standard InChI is InChI=1S/C9H21N3O4S2/c1-2-6-17(13,14)12-5-3-4-9(8-12)7-11-18(10,15)16/h9,11H,2-8H2,1H3,(H2,10,15,16). The Morgan fingerprint density at radius 1 is 1.33 bits per heavy atom. The van der Waals surface area contributed by atoms with Gasteiger partial charge >= 0.3 is 0 Å². The van der Waals surface area contributed by atoms with Crippen molar-refractivity contribution in [1.82, 2.24) is 9.03 Å². The van der Waals surface area contributed by atoms with Crippen LogP contribution in [-0.2, 0) is 20.2 Å². The van der Waals surface area contributed by atoms with Crippen molar-refractivity contribution in [2.24, 2.45) is 11.1 Å². The van der Waals surface area contributed by atoms with E-state index in [1.54, 1.807) is 0 Å². The molecule has 0 amide bonds. The first-order valence-corrected chi connectivity index (χ1v) is 9.15. The molecule has 1 rings (SSSR count). The zero-order valence-electron chi connectivity index (χ0n) is 10.5. The Hall–Kier alpha value is -0.220. The van der Waals surface area contributed by atoms with Gasteiger partial charge in [-0.25, -0.2) is 22.6 Å². The van der Waals surface area contributed by atoms with E-state index >= 15 is 0 Å². The van der Waals surface area contributed by atoms with E-state index in [1.807, 2.05) is 6.92 Å². The largest absolute Gasteiger partial charge is 0.274 e. The van der Waals surface area contributed by atoms with Gasteiger partial charge in [0.05, 0.1) is 5.75 Å². The number of sulfonamides is 1. The molecule has 3 N–H and O–H groups in total. The first-order chi connectivity index (χ1) is 8.24. The minimum Gasteiger partial charge on any atom is -0.216 e. The summed E-state index contributed by atoms with van der Waals surface area (Å²) in [6.45, 7) is 2.90. The molecule has 9 heteroatoms. The summed E-state index contributed by atoms with van der Waals surface area (Å²) in [7, 11) is -6.90. The van der Waals surface area contributed by atoms with E-state index in [0.29, 0.717) is 19.5 Å². The number of nitrogens with two attached hydrogens (primary N) is 1. The first-order valence-electron chi connectivity index (χ1n) is 6.00. The molecule has 18 heavy (non-hydrogen) atoms. The van der Waals surface area contributed by atoms with Crippen molar-refractivity contribution >= 4 is 20.2 Å². The Balaban J connectivity index is 2.56. The Morgan fingerprint density at radius 2 is 2.00 bits per heavy atom. The van der Waals surface area contributed by atoms with E-state index in [2.05, 4.69) is 4.72 Å². The highest BCUT2D eigenvalue weighted by atomic mass is 32.2. The van der Waals surface area contributed by atoms with Crippen molar-refractivity contribution in [1.29, 1.82) is 0 Å². The topological polar surface area (TPSA) is 110 Å². The van der Waals surface area contributed by atoms with Gasteiger partial charge in [0.25, 0.3) is 10.2 Å². The van der Waals surface area contributed by atoms with Crippen LogP contribution in [0.2, 0.25) is 0 Å². The second-order valence-electron chi connectivity index (χ2n) is 4.58. The van der Waals surface area contributed by atoms with Crippen LogP contribution in [0.3, 0.4) is 0 Å². The number of hydrogen-bond donors (Lipinski definition) is 2. The molecule has 7 nitrogen and oxygen atoms in total. The van der Waals surface area contributed by atoms with Crippen LogP contribution < -0.4 is 9.86 Å². The molecular formula is C9H21N3O4S2. The number of piperidine rings is 1. The number of nitrogens with one attached hydrogen (secondary N) is 1. The molecule has 1 heterocycles. The van der Waals surface area contributed by atoms with Crippen LogP contribution in [-0.4, -0.2) is 46.5 Å². The lowest BCUT2D eigenvalue weighted by Crippen LogP contribution is -2.45. The predicted molar refractivity (Wildman–Crippen MR) is 69.5 cm³/mol. The van der Waals surface area contributed by atoms with Crippen LogP contribution in [0, 0.1) is 5.92 Å². The summed E-state index contributed by atoms with van der Waals surface area (Å²) in [5.41, 5.74) is 0. The zero-order chi connectivity index (χ0) is 13.8. The van der Waals surface area contributed by atoms with Crippen molar-refractivity contribution < 1.29 is 16.8 Å². The second-order valence-corrected chi connectivity index (χ2v) is 8.04. The summed E-state index contributed by atoms with van der Waals surface area (Å²) in [5.74, 6) is 0.131. The van der Waals surface area contributed by atoms with E-state index in [-0.39, 0.29) is 18.2 Å². The van der Waals surface area contributed by atoms with Crippen LogP contribution in [0.1, 0.15) is 26.2 Å². The van der Waals surface area contributed by atoms with Crippen LogP contribution in [0.4, 0.5) is 0 Å². The molecule has 0 aromatic heterocycles. The lowest BCUT2D eigenvalue weighted by Gasteiger charge is -2.31. The molecular weight excluding hydrogens is 278 g/mol. The van der Waals surface area contributed by atoms with Crippen LogP contribution in [0.25, 0.3) is 0 Å². The summed E-state index contributed by atoms with van der Waals surface area (Å²) in [6.07, 6.45) is 2.14. The lowest BCUT2D eigenvalue weighted by molar-refractivity contribution is 0.267. The molecule has 0 radical (unpaired) electrons. The minimum absolute atomic E-state index is 0.0105. The normalized spacial score (nSPS) is 23.1. The van der Waals surface area contributed by atoms with Crippen molar-refractivity contribution in [3.05, 3.63) is 0 Å². The van der Waals surface area contributed by atoms with Gasteiger partial charge in [-0.05, 0) is 25.2 Å². The Bertz CT molecular complexity index is 460. The van der Waals surface area contributed by atoms with Crippen LogP contribution in [0.5, 0.6) is 0 Å². The molecule has 0 aliphatic carbocycles. The van der Waals surface area contributed by atoms with Crippen molar-refractivity contribution in [2.45, 2.75) is 26.2 Å². The fourth-order valence-electron chi connectivity index (χ4n) is 2.07. The molecule has 0 aromatic rings. The molecule has 1 fully saturated rings. The van der Waals surface area contributed by atoms with Gasteiger partial charge in [0.1, 0.15) is 0 Å². The fraction of sp³-hybridized carbons (Fsp3) is 1.00. The molecule has 1 unspecified atom stereocenters. The van der Waals surface area contributed by atoms with Gasteiger partial charge in [-0.1, -0.05) is 6.92 Å². The Labute approximate surface area is 109 Å². The van der Waals surface area contributed by atoms with Crippen molar-refractivity contribution in [3.8, 4) is 0 Å². The maximum absolute atomic E-state index is 11.9. The zero-order valence-corrected chi connectivity index (χ0v) is 12.1. The smallest absolute Gasteiger partial charge is 0.216 e. The SMILES string of the molecule is CCCS(=O)(=O)N1CCCC(CNS(N)(=O)=O)C1. The average molecular weight is 299 g/mol. The van der Waals surface area contributed by atoms with Gasteiger partial charge in [0.2, 0.25) is 10.0 Å². The second kappa shape index (κ2) is 6.29. The van der Waals surface area contributed by atoms with Crippen LogP contribution >= 0.6 is 0 Å². The highest BCUT2D eigenvalue weighted by molar-refractivity contribution is 7.89. The average Bonchev–Trinajstić information content (AvgIpc) is 2.26. The monoisotopic (exact) mass is 299 g/mol. The van der Waals surface area contributed by atoms with Crippen LogP contribution in [0.15, 0.2) is 0 Å². The maximum Gasteiger partial charge on any atom is 0.274 e. The molecule has 0 bridgehead atoms. The van der Waals surface area contributed by atoms with Gasteiger partial charge in [-0.15, -0.1) is 0 Å². The summed E-state index contributed by atoms with van der Waals surface area (Å²) >= 11 is 0. The molecule has 0 spiro atoms. The molecule has 108 valence electrons. The third kappa shape index (κ3) is 5.19.